The third-order valence-electron chi connectivity index (χ3n) is 5.53. The van der Waals surface area contributed by atoms with Crippen molar-refractivity contribution in [2.45, 2.75) is 38.6 Å². The third kappa shape index (κ3) is 4.21. The first kappa shape index (κ1) is 17.8. The largest absolute Gasteiger partial charge is 0.368 e. The minimum atomic E-state index is -0.00392. The number of rotatable bonds is 4. The number of amides is 1. The second-order valence-corrected chi connectivity index (χ2v) is 7.53. The van der Waals surface area contributed by atoms with Crippen LogP contribution in [0.4, 0.5) is 11.5 Å². The summed E-state index contributed by atoms with van der Waals surface area (Å²) in [5.74, 6) is 0.759. The zero-order valence-electron chi connectivity index (χ0n) is 15.9. The van der Waals surface area contributed by atoms with Crippen molar-refractivity contribution >= 4 is 17.4 Å². The van der Waals surface area contributed by atoms with Crippen LogP contribution in [0.1, 0.15) is 41.7 Å². The molecule has 4 rings (SSSR count). The molecular weight excluding hydrogens is 338 g/mol. The molecule has 0 spiro atoms. The quantitative estimate of drug-likeness (QED) is 0.902. The van der Waals surface area contributed by atoms with Gasteiger partial charge in [-0.2, -0.15) is 0 Å². The molecule has 142 valence electrons. The monoisotopic (exact) mass is 365 g/mol. The molecule has 0 bridgehead atoms. The van der Waals surface area contributed by atoms with Gasteiger partial charge >= 0.3 is 0 Å². The highest BCUT2D eigenvalue weighted by Crippen LogP contribution is 2.22. The Morgan fingerprint density at radius 3 is 2.59 bits per heavy atom. The lowest BCUT2D eigenvalue weighted by molar-refractivity contribution is 0.0740. The standard InChI is InChI=1S/C21H27N5O/c1-16-5-4-8-18(13-16)25-9-11-26(12-10-25)21(27)19-14-20(23-15-22-19)24-17-6-2-3-7-17/h4-5,8,13-15,17H,2-3,6-7,9-12H2,1H3,(H,22,23,24). The molecule has 2 aromatic rings. The van der Waals surface area contributed by atoms with Crippen LogP contribution in [0.25, 0.3) is 0 Å². The van der Waals surface area contributed by atoms with Crippen LogP contribution in [-0.4, -0.2) is 53.0 Å². The van der Waals surface area contributed by atoms with Crippen LogP contribution < -0.4 is 10.2 Å². The molecule has 0 radical (unpaired) electrons. The zero-order chi connectivity index (χ0) is 18.6. The lowest BCUT2D eigenvalue weighted by Gasteiger charge is -2.36. The number of aryl methyl sites for hydroxylation is 1. The van der Waals surface area contributed by atoms with Crippen molar-refractivity contribution in [3.05, 3.63) is 47.9 Å². The minimum Gasteiger partial charge on any atom is -0.368 e. The second kappa shape index (κ2) is 7.94. The van der Waals surface area contributed by atoms with Gasteiger partial charge in [0.1, 0.15) is 17.8 Å². The summed E-state index contributed by atoms with van der Waals surface area (Å²) in [5, 5.41) is 3.44. The van der Waals surface area contributed by atoms with Crippen molar-refractivity contribution in [2.75, 3.05) is 36.4 Å². The number of anilines is 2. The topological polar surface area (TPSA) is 61.4 Å². The van der Waals surface area contributed by atoms with E-state index in [0.717, 1.165) is 18.9 Å². The maximum atomic E-state index is 12.9. The second-order valence-electron chi connectivity index (χ2n) is 7.53. The van der Waals surface area contributed by atoms with Crippen LogP contribution in [0.2, 0.25) is 0 Å². The van der Waals surface area contributed by atoms with Gasteiger partial charge in [0, 0.05) is 44.0 Å². The summed E-state index contributed by atoms with van der Waals surface area (Å²) in [6.07, 6.45) is 6.37. The zero-order valence-corrected chi connectivity index (χ0v) is 15.9. The fourth-order valence-electron chi connectivity index (χ4n) is 3.99. The first-order valence-electron chi connectivity index (χ1n) is 9.88. The summed E-state index contributed by atoms with van der Waals surface area (Å²) in [6, 6.07) is 10.8. The van der Waals surface area contributed by atoms with E-state index in [1.54, 1.807) is 6.07 Å². The average molecular weight is 365 g/mol. The van der Waals surface area contributed by atoms with Crippen LogP contribution in [0.5, 0.6) is 0 Å². The molecule has 1 amide bonds. The molecule has 1 aliphatic carbocycles. The van der Waals surface area contributed by atoms with E-state index in [9.17, 15) is 4.79 Å². The molecule has 2 fully saturated rings. The van der Waals surface area contributed by atoms with E-state index >= 15 is 0 Å². The van der Waals surface area contributed by atoms with E-state index in [4.69, 9.17) is 0 Å². The fraction of sp³-hybridized carbons (Fsp3) is 0.476. The number of nitrogens with one attached hydrogen (secondary N) is 1. The van der Waals surface area contributed by atoms with Crippen molar-refractivity contribution in [1.82, 2.24) is 14.9 Å². The Balaban J connectivity index is 1.37. The molecular formula is C21H27N5O. The number of carbonyl (C=O) groups is 1. The third-order valence-corrected chi connectivity index (χ3v) is 5.53. The average Bonchev–Trinajstić information content (AvgIpc) is 3.21. The number of piperazine rings is 1. The number of nitrogens with zero attached hydrogens (tertiary/aromatic N) is 4. The van der Waals surface area contributed by atoms with Gasteiger partial charge in [0.25, 0.3) is 5.91 Å². The normalized spacial score (nSPS) is 18.0. The van der Waals surface area contributed by atoms with Crippen LogP contribution in [0.3, 0.4) is 0 Å². The van der Waals surface area contributed by atoms with Crippen LogP contribution in [0, 0.1) is 6.92 Å². The van der Waals surface area contributed by atoms with Crippen molar-refractivity contribution in [2.24, 2.45) is 0 Å². The number of benzene rings is 1. The van der Waals surface area contributed by atoms with E-state index in [0.29, 0.717) is 24.8 Å². The van der Waals surface area contributed by atoms with E-state index in [-0.39, 0.29) is 5.91 Å². The maximum Gasteiger partial charge on any atom is 0.272 e. The van der Waals surface area contributed by atoms with Crippen LogP contribution in [0.15, 0.2) is 36.7 Å². The van der Waals surface area contributed by atoms with Gasteiger partial charge in [-0.3, -0.25) is 4.79 Å². The van der Waals surface area contributed by atoms with Gasteiger partial charge in [-0.1, -0.05) is 25.0 Å². The summed E-state index contributed by atoms with van der Waals surface area (Å²) in [4.78, 5) is 25.6. The van der Waals surface area contributed by atoms with Gasteiger partial charge < -0.3 is 15.1 Å². The van der Waals surface area contributed by atoms with Crippen LogP contribution in [-0.2, 0) is 0 Å². The molecule has 1 aromatic carbocycles. The molecule has 1 N–H and O–H groups in total. The molecule has 1 saturated heterocycles. The van der Waals surface area contributed by atoms with Gasteiger partial charge in [-0.25, -0.2) is 9.97 Å². The predicted molar refractivity (Wildman–Crippen MR) is 107 cm³/mol. The van der Waals surface area contributed by atoms with Crippen molar-refractivity contribution < 1.29 is 4.79 Å². The van der Waals surface area contributed by atoms with Crippen molar-refractivity contribution in [3.8, 4) is 0 Å². The van der Waals surface area contributed by atoms with Gasteiger partial charge in [0.15, 0.2) is 0 Å². The fourth-order valence-corrected chi connectivity index (χ4v) is 3.99. The Hall–Kier alpha value is -2.63. The first-order chi connectivity index (χ1) is 13.2. The summed E-state index contributed by atoms with van der Waals surface area (Å²) in [5.41, 5.74) is 2.97. The lowest BCUT2D eigenvalue weighted by Crippen LogP contribution is -2.49. The van der Waals surface area contributed by atoms with Crippen molar-refractivity contribution in [1.29, 1.82) is 0 Å². The number of carbonyl (C=O) groups excluding carboxylic acids is 1. The molecule has 1 aromatic heterocycles. The Morgan fingerprint density at radius 2 is 1.85 bits per heavy atom. The van der Waals surface area contributed by atoms with Crippen molar-refractivity contribution in [3.63, 3.8) is 0 Å². The van der Waals surface area contributed by atoms with Gasteiger partial charge in [-0.05, 0) is 37.5 Å². The highest BCUT2D eigenvalue weighted by Gasteiger charge is 2.24. The minimum absolute atomic E-state index is 0.00392. The van der Waals surface area contributed by atoms with E-state index in [2.05, 4.69) is 51.4 Å². The maximum absolute atomic E-state index is 12.9. The molecule has 6 nitrogen and oxygen atoms in total. The van der Waals surface area contributed by atoms with Gasteiger partial charge in [0.2, 0.25) is 0 Å². The Bertz CT molecular complexity index is 795. The highest BCUT2D eigenvalue weighted by molar-refractivity contribution is 5.93. The smallest absolute Gasteiger partial charge is 0.272 e. The SMILES string of the molecule is Cc1cccc(N2CCN(C(=O)c3cc(NC4CCCC4)ncn3)CC2)c1. The molecule has 6 heteroatoms. The lowest BCUT2D eigenvalue weighted by atomic mass is 10.2. The van der Waals surface area contributed by atoms with Gasteiger partial charge in [-0.15, -0.1) is 0 Å². The predicted octanol–water partition coefficient (Wildman–Crippen LogP) is 3.10. The molecule has 2 aliphatic rings. The molecule has 0 unspecified atom stereocenters. The Kier molecular flexibility index (Phi) is 5.23. The van der Waals surface area contributed by atoms with Gasteiger partial charge in [0.05, 0.1) is 0 Å². The number of hydrogen-bond donors (Lipinski definition) is 1. The Labute approximate surface area is 160 Å². The molecule has 0 atom stereocenters. The number of aromatic nitrogens is 2. The molecule has 1 saturated carbocycles. The Morgan fingerprint density at radius 1 is 1.07 bits per heavy atom. The first-order valence-corrected chi connectivity index (χ1v) is 9.88. The van der Waals surface area contributed by atoms with E-state index in [1.165, 1.54) is 43.3 Å². The summed E-state index contributed by atoms with van der Waals surface area (Å²) in [6.45, 7) is 5.21. The molecule has 2 heterocycles. The van der Waals surface area contributed by atoms with E-state index < -0.39 is 0 Å². The van der Waals surface area contributed by atoms with E-state index in [1.807, 2.05) is 4.90 Å². The number of hydrogen-bond acceptors (Lipinski definition) is 5. The summed E-state index contributed by atoms with van der Waals surface area (Å²) < 4.78 is 0. The summed E-state index contributed by atoms with van der Waals surface area (Å²) >= 11 is 0. The molecule has 27 heavy (non-hydrogen) atoms. The van der Waals surface area contributed by atoms with Crippen LogP contribution >= 0.6 is 0 Å². The highest BCUT2D eigenvalue weighted by atomic mass is 16.2. The molecule has 1 aliphatic heterocycles. The summed E-state index contributed by atoms with van der Waals surface area (Å²) in [7, 11) is 0.